The number of benzene rings is 1. The molecular weight excluding hydrogens is 281 g/mol. The standard InChI is InChI=1S/C15H19Cl2NO/c16-10-4-5-11(13(17)9-10)14-12-3-1-2-6-15(12,19)7-8-18-14/h4-5,9,12,14,18-19H,1-3,6-8H2/p+1/t12-,14+,15+/m1/s1. The number of aliphatic hydroxyl groups is 1. The van der Waals surface area contributed by atoms with E-state index in [1.807, 2.05) is 18.2 Å². The summed E-state index contributed by atoms with van der Waals surface area (Å²) >= 11 is 12.3. The molecule has 2 nitrogen and oxygen atoms in total. The first-order valence-corrected chi connectivity index (χ1v) is 7.86. The van der Waals surface area contributed by atoms with Crippen LogP contribution in [0.3, 0.4) is 0 Å². The van der Waals surface area contributed by atoms with Crippen molar-refractivity contribution in [3.05, 3.63) is 33.8 Å². The van der Waals surface area contributed by atoms with E-state index in [1.165, 1.54) is 6.42 Å². The molecule has 1 saturated heterocycles. The molecule has 19 heavy (non-hydrogen) atoms. The van der Waals surface area contributed by atoms with Gasteiger partial charge in [0.05, 0.1) is 17.2 Å². The minimum Gasteiger partial charge on any atom is -0.389 e. The lowest BCUT2D eigenvalue weighted by Crippen LogP contribution is -2.91. The summed E-state index contributed by atoms with van der Waals surface area (Å²) in [4.78, 5) is 0. The Morgan fingerprint density at radius 3 is 2.84 bits per heavy atom. The molecule has 0 aromatic heterocycles. The molecule has 1 heterocycles. The number of nitrogens with two attached hydrogens (primary N) is 1. The van der Waals surface area contributed by atoms with Crippen LogP contribution >= 0.6 is 23.2 Å². The number of rotatable bonds is 1. The molecule has 0 bridgehead atoms. The van der Waals surface area contributed by atoms with Crippen LogP contribution in [-0.4, -0.2) is 17.3 Å². The molecule has 1 aromatic rings. The number of quaternary nitrogens is 1. The number of hydrogen-bond donors (Lipinski definition) is 2. The molecule has 0 radical (unpaired) electrons. The monoisotopic (exact) mass is 300 g/mol. The summed E-state index contributed by atoms with van der Waals surface area (Å²) in [5.74, 6) is 0.314. The SMILES string of the molecule is O[C@]12CCCC[C@@H]1[C@H](c1ccc(Cl)cc1Cl)[NH2+]CC2. The lowest BCUT2D eigenvalue weighted by molar-refractivity contribution is -0.719. The van der Waals surface area contributed by atoms with Crippen LogP contribution in [0.25, 0.3) is 0 Å². The predicted octanol–water partition coefficient (Wildman–Crippen LogP) is 2.92. The Hall–Kier alpha value is -0.280. The van der Waals surface area contributed by atoms with Crippen LogP contribution in [0.4, 0.5) is 0 Å². The molecule has 3 rings (SSSR count). The van der Waals surface area contributed by atoms with E-state index in [0.29, 0.717) is 10.9 Å². The normalized spacial score (nSPS) is 34.9. The highest BCUT2D eigenvalue weighted by atomic mass is 35.5. The Labute approximate surface area is 124 Å². The van der Waals surface area contributed by atoms with Crippen molar-refractivity contribution in [3.63, 3.8) is 0 Å². The van der Waals surface area contributed by atoms with Crippen molar-refractivity contribution < 1.29 is 10.4 Å². The predicted molar refractivity (Wildman–Crippen MR) is 77.5 cm³/mol. The van der Waals surface area contributed by atoms with Crippen molar-refractivity contribution >= 4 is 23.2 Å². The van der Waals surface area contributed by atoms with E-state index in [0.717, 1.165) is 42.8 Å². The number of halogens is 2. The van der Waals surface area contributed by atoms with Gasteiger partial charge < -0.3 is 10.4 Å². The van der Waals surface area contributed by atoms with Gasteiger partial charge in [-0.3, -0.25) is 0 Å². The van der Waals surface area contributed by atoms with Gasteiger partial charge in [-0.25, -0.2) is 0 Å². The second kappa shape index (κ2) is 5.25. The molecule has 3 atom stereocenters. The summed E-state index contributed by atoms with van der Waals surface area (Å²) < 4.78 is 0. The van der Waals surface area contributed by atoms with Crippen LogP contribution in [0, 0.1) is 5.92 Å². The topological polar surface area (TPSA) is 36.8 Å². The summed E-state index contributed by atoms with van der Waals surface area (Å²) in [6.45, 7) is 0.969. The van der Waals surface area contributed by atoms with Crippen LogP contribution < -0.4 is 5.32 Å². The third kappa shape index (κ3) is 2.52. The summed E-state index contributed by atoms with van der Waals surface area (Å²) in [6.07, 6.45) is 5.29. The molecule has 0 unspecified atom stereocenters. The molecule has 104 valence electrons. The van der Waals surface area contributed by atoms with E-state index < -0.39 is 5.60 Å². The Morgan fingerprint density at radius 1 is 1.21 bits per heavy atom. The lowest BCUT2D eigenvalue weighted by atomic mass is 9.67. The first-order chi connectivity index (χ1) is 9.10. The van der Waals surface area contributed by atoms with Crippen molar-refractivity contribution in [1.82, 2.24) is 0 Å². The Morgan fingerprint density at radius 2 is 2.05 bits per heavy atom. The first kappa shape index (κ1) is 13.7. The summed E-state index contributed by atoms with van der Waals surface area (Å²) in [5.41, 5.74) is 0.636. The van der Waals surface area contributed by atoms with Gasteiger partial charge in [0, 0.05) is 22.9 Å². The molecule has 0 spiro atoms. The smallest absolute Gasteiger partial charge is 0.119 e. The quantitative estimate of drug-likeness (QED) is 0.822. The number of piperidine rings is 1. The summed E-state index contributed by atoms with van der Waals surface area (Å²) in [6, 6.07) is 5.99. The lowest BCUT2D eigenvalue weighted by Gasteiger charge is -2.46. The maximum absolute atomic E-state index is 10.9. The van der Waals surface area contributed by atoms with Gasteiger partial charge >= 0.3 is 0 Å². The highest BCUT2D eigenvalue weighted by Crippen LogP contribution is 2.44. The van der Waals surface area contributed by atoms with Crippen molar-refractivity contribution in [2.24, 2.45) is 5.92 Å². The van der Waals surface area contributed by atoms with Gasteiger partial charge in [0.2, 0.25) is 0 Å². The molecule has 4 heteroatoms. The maximum atomic E-state index is 10.9. The zero-order valence-corrected chi connectivity index (χ0v) is 12.4. The van der Waals surface area contributed by atoms with Crippen molar-refractivity contribution in [2.75, 3.05) is 6.54 Å². The summed E-state index contributed by atoms with van der Waals surface area (Å²) in [5, 5.41) is 14.6. The fourth-order valence-electron chi connectivity index (χ4n) is 3.87. The van der Waals surface area contributed by atoms with E-state index in [-0.39, 0.29) is 6.04 Å². The highest BCUT2D eigenvalue weighted by Gasteiger charge is 2.48. The molecule has 0 amide bonds. The van der Waals surface area contributed by atoms with Gasteiger partial charge in [-0.05, 0) is 25.0 Å². The van der Waals surface area contributed by atoms with Crippen molar-refractivity contribution in [3.8, 4) is 0 Å². The molecule has 3 N–H and O–H groups in total. The zero-order chi connectivity index (χ0) is 13.5. The van der Waals surface area contributed by atoms with Gasteiger partial charge in [-0.1, -0.05) is 42.1 Å². The van der Waals surface area contributed by atoms with Crippen LogP contribution in [-0.2, 0) is 0 Å². The highest BCUT2D eigenvalue weighted by molar-refractivity contribution is 6.35. The molecule has 2 aliphatic rings. The number of fused-ring (bicyclic) bond motifs is 1. The van der Waals surface area contributed by atoms with Crippen molar-refractivity contribution in [1.29, 1.82) is 0 Å². The van der Waals surface area contributed by atoms with Gasteiger partial charge in [0.25, 0.3) is 0 Å². The fourth-order valence-corrected chi connectivity index (χ4v) is 4.40. The molecule has 2 fully saturated rings. The molecule has 1 aliphatic heterocycles. The summed E-state index contributed by atoms with van der Waals surface area (Å²) in [7, 11) is 0. The molecule has 1 aromatic carbocycles. The van der Waals surface area contributed by atoms with Gasteiger partial charge in [-0.15, -0.1) is 0 Å². The van der Waals surface area contributed by atoms with E-state index in [2.05, 4.69) is 5.32 Å². The van der Waals surface area contributed by atoms with Crippen LogP contribution in [0.2, 0.25) is 10.0 Å². The van der Waals surface area contributed by atoms with E-state index >= 15 is 0 Å². The minimum atomic E-state index is -0.485. The van der Waals surface area contributed by atoms with Gasteiger partial charge in [0.1, 0.15) is 6.04 Å². The largest absolute Gasteiger partial charge is 0.389 e. The molecule has 1 aliphatic carbocycles. The van der Waals surface area contributed by atoms with Crippen LogP contribution in [0.1, 0.15) is 43.7 Å². The average Bonchev–Trinajstić information content (AvgIpc) is 2.37. The second-order valence-electron chi connectivity index (χ2n) is 5.92. The zero-order valence-electron chi connectivity index (χ0n) is 10.9. The second-order valence-corrected chi connectivity index (χ2v) is 6.77. The Balaban J connectivity index is 1.94. The van der Waals surface area contributed by atoms with Gasteiger partial charge in [0.15, 0.2) is 0 Å². The number of hydrogen-bond acceptors (Lipinski definition) is 1. The molecular formula is C15H20Cl2NO+. The fraction of sp³-hybridized carbons (Fsp3) is 0.600. The third-order valence-electron chi connectivity index (χ3n) is 4.82. The van der Waals surface area contributed by atoms with Crippen molar-refractivity contribution in [2.45, 2.75) is 43.7 Å². The van der Waals surface area contributed by atoms with Crippen LogP contribution in [0.5, 0.6) is 0 Å². The maximum Gasteiger partial charge on any atom is 0.119 e. The Kier molecular flexibility index (Phi) is 3.78. The van der Waals surface area contributed by atoms with E-state index in [1.54, 1.807) is 0 Å². The van der Waals surface area contributed by atoms with E-state index in [4.69, 9.17) is 23.2 Å². The first-order valence-electron chi connectivity index (χ1n) is 7.11. The molecule has 1 saturated carbocycles. The average molecular weight is 301 g/mol. The van der Waals surface area contributed by atoms with Gasteiger partial charge in [-0.2, -0.15) is 0 Å². The van der Waals surface area contributed by atoms with Crippen LogP contribution in [0.15, 0.2) is 18.2 Å². The third-order valence-corrected chi connectivity index (χ3v) is 5.38. The Bertz CT molecular complexity index is 475. The minimum absolute atomic E-state index is 0.267. The van der Waals surface area contributed by atoms with E-state index in [9.17, 15) is 5.11 Å².